The zero-order valence-corrected chi connectivity index (χ0v) is 15.4. The van der Waals surface area contributed by atoms with Gasteiger partial charge >= 0.3 is 0 Å². The molecule has 0 aliphatic carbocycles. The molecule has 1 aliphatic rings. The van der Waals surface area contributed by atoms with Crippen molar-refractivity contribution in [2.24, 2.45) is 0 Å². The molecular weight excluding hydrogens is 336 g/mol. The Kier molecular flexibility index (Phi) is 4.83. The summed E-state index contributed by atoms with van der Waals surface area (Å²) >= 11 is 0. The predicted molar refractivity (Wildman–Crippen MR) is 106 cm³/mol. The Hall–Kier alpha value is -3.21. The SMILES string of the molecule is CCc1ccc(Nc2cc(C(=O)N3CCc4ccccc4C3)ncn2)cc1. The summed E-state index contributed by atoms with van der Waals surface area (Å²) in [5.41, 5.74) is 5.17. The Balaban J connectivity index is 1.49. The van der Waals surface area contributed by atoms with Crippen molar-refractivity contribution >= 4 is 17.4 Å². The van der Waals surface area contributed by atoms with Crippen LogP contribution in [0.5, 0.6) is 0 Å². The largest absolute Gasteiger partial charge is 0.340 e. The lowest BCUT2D eigenvalue weighted by Crippen LogP contribution is -2.36. The molecule has 1 N–H and O–H groups in total. The summed E-state index contributed by atoms with van der Waals surface area (Å²) < 4.78 is 0. The normalized spacial score (nSPS) is 13.1. The van der Waals surface area contributed by atoms with Gasteiger partial charge < -0.3 is 10.2 Å². The Bertz CT molecular complexity index is 953. The number of aromatic nitrogens is 2. The van der Waals surface area contributed by atoms with Gasteiger partial charge in [0.2, 0.25) is 0 Å². The van der Waals surface area contributed by atoms with Crippen LogP contribution in [0.3, 0.4) is 0 Å². The average Bonchev–Trinajstić information content (AvgIpc) is 2.73. The Labute approximate surface area is 159 Å². The maximum atomic E-state index is 12.9. The van der Waals surface area contributed by atoms with Gasteiger partial charge in [-0.3, -0.25) is 4.79 Å². The average molecular weight is 358 g/mol. The second-order valence-electron chi connectivity index (χ2n) is 6.71. The van der Waals surface area contributed by atoms with Crippen molar-refractivity contribution in [3.05, 3.63) is 83.3 Å². The molecule has 1 amide bonds. The highest BCUT2D eigenvalue weighted by atomic mass is 16.2. The molecule has 1 aromatic heterocycles. The summed E-state index contributed by atoms with van der Waals surface area (Å²) in [5.74, 6) is 0.561. The number of amides is 1. The highest BCUT2D eigenvalue weighted by molar-refractivity contribution is 5.93. The lowest BCUT2D eigenvalue weighted by atomic mass is 10.00. The lowest BCUT2D eigenvalue weighted by Gasteiger charge is -2.28. The van der Waals surface area contributed by atoms with E-state index in [-0.39, 0.29) is 5.91 Å². The number of nitrogens with zero attached hydrogens (tertiary/aromatic N) is 3. The van der Waals surface area contributed by atoms with Crippen molar-refractivity contribution in [1.29, 1.82) is 0 Å². The predicted octanol–water partition coefficient (Wildman–Crippen LogP) is 3.98. The Morgan fingerprint density at radius 1 is 1.07 bits per heavy atom. The van der Waals surface area contributed by atoms with Crippen LogP contribution in [0, 0.1) is 0 Å². The monoisotopic (exact) mass is 358 g/mol. The van der Waals surface area contributed by atoms with Gasteiger partial charge in [0.25, 0.3) is 5.91 Å². The number of benzene rings is 2. The van der Waals surface area contributed by atoms with Crippen LogP contribution in [-0.2, 0) is 19.4 Å². The van der Waals surface area contributed by atoms with Crippen LogP contribution in [0.25, 0.3) is 0 Å². The van der Waals surface area contributed by atoms with Crippen molar-refractivity contribution in [1.82, 2.24) is 14.9 Å². The summed E-state index contributed by atoms with van der Waals surface area (Å²) in [7, 11) is 0. The third-order valence-electron chi connectivity index (χ3n) is 4.94. The molecule has 0 bridgehead atoms. The van der Waals surface area contributed by atoms with E-state index in [0.717, 1.165) is 18.5 Å². The maximum absolute atomic E-state index is 12.9. The number of anilines is 2. The third-order valence-corrected chi connectivity index (χ3v) is 4.94. The van der Waals surface area contributed by atoms with Gasteiger partial charge in [0.15, 0.2) is 0 Å². The smallest absolute Gasteiger partial charge is 0.272 e. The summed E-state index contributed by atoms with van der Waals surface area (Å²) in [4.78, 5) is 23.2. The maximum Gasteiger partial charge on any atom is 0.272 e. The standard InChI is InChI=1S/C22H22N4O/c1-2-16-7-9-19(10-8-16)25-21-13-20(23-15-24-21)22(27)26-12-11-17-5-3-4-6-18(17)14-26/h3-10,13,15H,2,11-12,14H2,1H3,(H,23,24,25). The molecule has 2 aromatic carbocycles. The topological polar surface area (TPSA) is 58.1 Å². The zero-order valence-electron chi connectivity index (χ0n) is 15.4. The van der Waals surface area contributed by atoms with E-state index < -0.39 is 0 Å². The number of carbonyl (C=O) groups is 1. The first-order valence-electron chi connectivity index (χ1n) is 9.27. The second kappa shape index (κ2) is 7.58. The number of hydrogen-bond acceptors (Lipinski definition) is 4. The molecule has 4 rings (SSSR count). The molecule has 136 valence electrons. The van der Waals surface area contributed by atoms with Gasteiger partial charge in [-0.25, -0.2) is 9.97 Å². The van der Waals surface area contributed by atoms with E-state index in [1.807, 2.05) is 29.2 Å². The van der Waals surface area contributed by atoms with Crippen LogP contribution in [0.15, 0.2) is 60.9 Å². The van der Waals surface area contributed by atoms with Gasteiger partial charge in [0, 0.05) is 24.8 Å². The van der Waals surface area contributed by atoms with Gasteiger partial charge in [0.1, 0.15) is 17.8 Å². The minimum atomic E-state index is -0.0590. The molecule has 5 heteroatoms. The molecule has 0 saturated carbocycles. The van der Waals surface area contributed by atoms with Crippen molar-refractivity contribution in [2.45, 2.75) is 26.3 Å². The number of aryl methyl sites for hydroxylation is 1. The fraction of sp³-hybridized carbons (Fsp3) is 0.227. The molecule has 0 fully saturated rings. The molecule has 1 aliphatic heterocycles. The van der Waals surface area contributed by atoms with Crippen LogP contribution < -0.4 is 5.32 Å². The Morgan fingerprint density at radius 3 is 2.63 bits per heavy atom. The second-order valence-corrected chi connectivity index (χ2v) is 6.71. The van der Waals surface area contributed by atoms with Crippen LogP contribution in [0.2, 0.25) is 0 Å². The van der Waals surface area contributed by atoms with E-state index >= 15 is 0 Å². The summed E-state index contributed by atoms with van der Waals surface area (Å²) in [5, 5.41) is 3.25. The minimum absolute atomic E-state index is 0.0590. The van der Waals surface area contributed by atoms with Gasteiger partial charge in [-0.2, -0.15) is 0 Å². The molecule has 27 heavy (non-hydrogen) atoms. The van der Waals surface area contributed by atoms with Crippen molar-refractivity contribution in [2.75, 3.05) is 11.9 Å². The highest BCUT2D eigenvalue weighted by Gasteiger charge is 2.22. The first-order chi connectivity index (χ1) is 13.2. The summed E-state index contributed by atoms with van der Waals surface area (Å²) in [6, 6.07) is 18.2. The fourth-order valence-corrected chi connectivity index (χ4v) is 3.35. The van der Waals surface area contributed by atoms with E-state index in [0.29, 0.717) is 24.6 Å². The molecule has 5 nitrogen and oxygen atoms in total. The van der Waals surface area contributed by atoms with Crippen LogP contribution in [0.4, 0.5) is 11.5 Å². The number of carbonyl (C=O) groups excluding carboxylic acids is 1. The molecule has 0 atom stereocenters. The van der Waals surface area contributed by atoms with Gasteiger partial charge in [0.05, 0.1) is 0 Å². The van der Waals surface area contributed by atoms with Crippen LogP contribution in [-0.4, -0.2) is 27.3 Å². The third kappa shape index (κ3) is 3.82. The Morgan fingerprint density at radius 2 is 1.85 bits per heavy atom. The molecule has 2 heterocycles. The van der Waals surface area contributed by atoms with Crippen molar-refractivity contribution < 1.29 is 4.79 Å². The highest BCUT2D eigenvalue weighted by Crippen LogP contribution is 2.21. The van der Waals surface area contributed by atoms with Crippen LogP contribution >= 0.6 is 0 Å². The zero-order chi connectivity index (χ0) is 18.6. The van der Waals surface area contributed by atoms with Crippen molar-refractivity contribution in [3.63, 3.8) is 0 Å². The fourth-order valence-electron chi connectivity index (χ4n) is 3.35. The number of nitrogens with one attached hydrogen (secondary N) is 1. The number of rotatable bonds is 4. The molecule has 3 aromatic rings. The van der Waals surface area contributed by atoms with Gasteiger partial charge in [-0.15, -0.1) is 0 Å². The summed E-state index contributed by atoms with van der Waals surface area (Å²) in [6.45, 7) is 3.46. The van der Waals surface area contributed by atoms with E-state index in [4.69, 9.17) is 0 Å². The van der Waals surface area contributed by atoms with E-state index in [1.54, 1.807) is 6.07 Å². The van der Waals surface area contributed by atoms with Gasteiger partial charge in [-0.1, -0.05) is 43.3 Å². The molecule has 0 radical (unpaired) electrons. The molecule has 0 unspecified atom stereocenters. The van der Waals surface area contributed by atoms with Crippen molar-refractivity contribution in [3.8, 4) is 0 Å². The molecular formula is C22H22N4O. The van der Waals surface area contributed by atoms with Crippen LogP contribution in [0.1, 0.15) is 34.1 Å². The first-order valence-corrected chi connectivity index (χ1v) is 9.27. The van der Waals surface area contributed by atoms with E-state index in [2.05, 4.69) is 46.5 Å². The first kappa shape index (κ1) is 17.2. The number of fused-ring (bicyclic) bond motifs is 1. The lowest BCUT2D eigenvalue weighted by molar-refractivity contribution is 0.0728. The minimum Gasteiger partial charge on any atom is -0.340 e. The molecule has 0 saturated heterocycles. The molecule has 0 spiro atoms. The van der Waals surface area contributed by atoms with Gasteiger partial charge in [-0.05, 0) is 41.7 Å². The number of hydrogen-bond donors (Lipinski definition) is 1. The van der Waals surface area contributed by atoms with E-state index in [1.165, 1.54) is 23.0 Å². The van der Waals surface area contributed by atoms with E-state index in [9.17, 15) is 4.79 Å². The quantitative estimate of drug-likeness (QED) is 0.766. The summed E-state index contributed by atoms with van der Waals surface area (Å²) in [6.07, 6.45) is 3.32.